The van der Waals surface area contributed by atoms with E-state index < -0.39 is 25.6 Å². The molecule has 0 saturated carbocycles. The second-order valence-electron chi connectivity index (χ2n) is 7.01. The number of benzene rings is 2. The predicted molar refractivity (Wildman–Crippen MR) is 114 cm³/mol. The summed E-state index contributed by atoms with van der Waals surface area (Å²) in [6.07, 6.45) is 1.53. The highest BCUT2D eigenvalue weighted by Gasteiger charge is 2.39. The molecule has 1 unspecified atom stereocenters. The minimum absolute atomic E-state index is 0.00418. The molecule has 1 atom stereocenters. The van der Waals surface area contributed by atoms with E-state index in [2.05, 4.69) is 20.7 Å². The summed E-state index contributed by atoms with van der Waals surface area (Å²) in [5.41, 5.74) is 0.147. The third kappa shape index (κ3) is 4.57. The molecular formula is C19H23BrN2O5S2. The smallest absolute Gasteiger partial charge is 0.242 e. The van der Waals surface area contributed by atoms with Gasteiger partial charge in [0.25, 0.3) is 0 Å². The van der Waals surface area contributed by atoms with Crippen molar-refractivity contribution in [1.29, 1.82) is 0 Å². The van der Waals surface area contributed by atoms with Crippen LogP contribution in [0.4, 0.5) is 0 Å². The topological polar surface area (TPSA) is 92.8 Å². The van der Waals surface area contributed by atoms with E-state index in [1.807, 2.05) is 24.3 Å². The van der Waals surface area contributed by atoms with Gasteiger partial charge in [-0.3, -0.25) is 0 Å². The quantitative estimate of drug-likeness (QED) is 0.628. The fourth-order valence-electron chi connectivity index (χ4n) is 3.27. The maximum absolute atomic E-state index is 12.8. The van der Waals surface area contributed by atoms with Crippen molar-refractivity contribution in [3.63, 3.8) is 0 Å². The molecule has 1 aliphatic rings. The predicted octanol–water partition coefficient (Wildman–Crippen LogP) is 2.68. The van der Waals surface area contributed by atoms with Crippen LogP contribution in [-0.2, 0) is 30.4 Å². The van der Waals surface area contributed by atoms with Crippen molar-refractivity contribution in [1.82, 2.24) is 9.03 Å². The number of halogens is 1. The molecule has 0 radical (unpaired) electrons. The maximum atomic E-state index is 12.8. The Balaban J connectivity index is 1.83. The fourth-order valence-corrected chi connectivity index (χ4v) is 5.90. The van der Waals surface area contributed by atoms with Gasteiger partial charge in [0.2, 0.25) is 20.0 Å². The normalized spacial score (nSPS) is 20.3. The molecule has 29 heavy (non-hydrogen) atoms. The lowest BCUT2D eigenvalue weighted by Gasteiger charge is -2.30. The highest BCUT2D eigenvalue weighted by Crippen LogP contribution is 2.39. The van der Waals surface area contributed by atoms with Crippen LogP contribution in [0.3, 0.4) is 0 Å². The first-order chi connectivity index (χ1) is 13.6. The zero-order chi connectivity index (χ0) is 21.3. The van der Waals surface area contributed by atoms with Crippen LogP contribution in [0.15, 0.2) is 62.8 Å². The Morgan fingerprint density at radius 3 is 2.21 bits per heavy atom. The Hall–Kier alpha value is -1.30. The first-order valence-electron chi connectivity index (χ1n) is 9.00. The number of hydrogen-bond donors (Lipinski definition) is 1. The van der Waals surface area contributed by atoms with Crippen LogP contribution >= 0.6 is 15.9 Å². The van der Waals surface area contributed by atoms with E-state index in [1.54, 1.807) is 0 Å². The Kier molecular flexibility index (Phi) is 6.52. The van der Waals surface area contributed by atoms with Gasteiger partial charge in [0.1, 0.15) is 5.60 Å². The van der Waals surface area contributed by atoms with Crippen molar-refractivity contribution in [2.75, 3.05) is 27.2 Å². The average Bonchev–Trinajstić information content (AvgIpc) is 3.17. The molecule has 10 heteroatoms. The summed E-state index contributed by atoms with van der Waals surface area (Å²) in [6.45, 7) is 0.635. The molecule has 0 amide bonds. The Bertz CT molecular complexity index is 1080. The van der Waals surface area contributed by atoms with Crippen molar-refractivity contribution in [3.8, 4) is 0 Å². The summed E-state index contributed by atoms with van der Waals surface area (Å²) in [7, 11) is -4.62. The lowest BCUT2D eigenvalue weighted by atomic mass is 9.91. The van der Waals surface area contributed by atoms with Crippen LogP contribution in [0.25, 0.3) is 0 Å². The van der Waals surface area contributed by atoms with Gasteiger partial charge in [0.15, 0.2) is 0 Å². The molecular weight excluding hydrogens is 480 g/mol. The third-order valence-corrected chi connectivity index (χ3v) is 8.87. The first-order valence-corrected chi connectivity index (χ1v) is 12.7. The van der Waals surface area contributed by atoms with Crippen molar-refractivity contribution in [2.24, 2.45) is 0 Å². The highest BCUT2D eigenvalue weighted by atomic mass is 79.9. The second kappa shape index (κ2) is 8.44. The zero-order valence-electron chi connectivity index (χ0n) is 16.1. The van der Waals surface area contributed by atoms with Gasteiger partial charge >= 0.3 is 0 Å². The molecule has 3 rings (SSSR count). The molecule has 1 fully saturated rings. The van der Waals surface area contributed by atoms with Gasteiger partial charge in [-0.2, -0.15) is 0 Å². The molecule has 2 aromatic carbocycles. The summed E-state index contributed by atoms with van der Waals surface area (Å²) in [5, 5.41) is 0. The molecule has 0 aliphatic carbocycles. The number of sulfonamides is 2. The molecule has 7 nitrogen and oxygen atoms in total. The van der Waals surface area contributed by atoms with Crippen LogP contribution in [0.1, 0.15) is 18.4 Å². The molecule has 2 aromatic rings. The van der Waals surface area contributed by atoms with Gasteiger partial charge in [-0.25, -0.2) is 25.9 Å². The Morgan fingerprint density at radius 2 is 1.66 bits per heavy atom. The van der Waals surface area contributed by atoms with Crippen LogP contribution in [0.5, 0.6) is 0 Å². The maximum Gasteiger partial charge on any atom is 0.242 e. The zero-order valence-corrected chi connectivity index (χ0v) is 19.3. The van der Waals surface area contributed by atoms with E-state index in [9.17, 15) is 16.8 Å². The SMILES string of the molecule is CN(C)S(=O)(=O)c1ccc(S(=O)(=O)NCC2(c3ccccc3Br)CCCO2)cc1. The van der Waals surface area contributed by atoms with Crippen molar-refractivity contribution >= 4 is 36.0 Å². The third-order valence-electron chi connectivity index (χ3n) is 4.93. The number of rotatable bonds is 7. The number of hydrogen-bond acceptors (Lipinski definition) is 5. The molecule has 1 saturated heterocycles. The van der Waals surface area contributed by atoms with Gasteiger partial charge in [0, 0.05) is 31.7 Å². The Morgan fingerprint density at radius 1 is 1.03 bits per heavy atom. The van der Waals surface area contributed by atoms with Crippen molar-refractivity contribution < 1.29 is 21.6 Å². The summed E-state index contributed by atoms with van der Waals surface area (Å²) >= 11 is 3.53. The first kappa shape index (κ1) is 22.4. The summed E-state index contributed by atoms with van der Waals surface area (Å²) in [5.74, 6) is 0. The number of nitrogens with zero attached hydrogens (tertiary/aromatic N) is 1. The lowest BCUT2D eigenvalue weighted by molar-refractivity contribution is 0.00443. The van der Waals surface area contributed by atoms with Gasteiger partial charge in [-0.05, 0) is 48.7 Å². The van der Waals surface area contributed by atoms with E-state index >= 15 is 0 Å². The fraction of sp³-hybridized carbons (Fsp3) is 0.368. The van der Waals surface area contributed by atoms with E-state index in [4.69, 9.17) is 4.74 Å². The van der Waals surface area contributed by atoms with E-state index in [-0.39, 0.29) is 16.3 Å². The van der Waals surface area contributed by atoms with Gasteiger partial charge in [-0.15, -0.1) is 0 Å². The molecule has 0 bridgehead atoms. The minimum Gasteiger partial charge on any atom is -0.369 e. The monoisotopic (exact) mass is 502 g/mol. The van der Waals surface area contributed by atoms with Gasteiger partial charge < -0.3 is 4.74 Å². The summed E-state index contributed by atoms with van der Waals surface area (Å²) < 4.78 is 60.5. The van der Waals surface area contributed by atoms with E-state index in [0.717, 1.165) is 20.8 Å². The highest BCUT2D eigenvalue weighted by molar-refractivity contribution is 9.10. The largest absolute Gasteiger partial charge is 0.369 e. The van der Waals surface area contributed by atoms with E-state index in [1.165, 1.54) is 38.4 Å². The second-order valence-corrected chi connectivity index (χ2v) is 11.8. The van der Waals surface area contributed by atoms with Crippen LogP contribution in [0, 0.1) is 0 Å². The average molecular weight is 503 g/mol. The van der Waals surface area contributed by atoms with Gasteiger partial charge in [-0.1, -0.05) is 34.1 Å². The van der Waals surface area contributed by atoms with Crippen LogP contribution < -0.4 is 4.72 Å². The lowest BCUT2D eigenvalue weighted by Crippen LogP contribution is -2.40. The molecule has 0 spiro atoms. The molecule has 0 aromatic heterocycles. The van der Waals surface area contributed by atoms with Crippen LogP contribution in [0.2, 0.25) is 0 Å². The van der Waals surface area contributed by atoms with Gasteiger partial charge in [0.05, 0.1) is 9.79 Å². The van der Waals surface area contributed by atoms with Crippen molar-refractivity contribution in [3.05, 3.63) is 58.6 Å². The van der Waals surface area contributed by atoms with E-state index in [0.29, 0.717) is 13.0 Å². The summed E-state index contributed by atoms with van der Waals surface area (Å²) in [4.78, 5) is 0.0285. The Labute approximate surface area is 180 Å². The number of ether oxygens (including phenoxy) is 1. The molecule has 1 N–H and O–H groups in total. The van der Waals surface area contributed by atoms with Crippen LogP contribution in [-0.4, -0.2) is 48.4 Å². The minimum atomic E-state index is -3.84. The van der Waals surface area contributed by atoms with Crippen molar-refractivity contribution in [2.45, 2.75) is 28.2 Å². The number of nitrogens with one attached hydrogen (secondary N) is 1. The molecule has 1 aliphatic heterocycles. The summed E-state index contributed by atoms with van der Waals surface area (Å²) in [6, 6.07) is 12.8. The molecule has 158 valence electrons. The standard InChI is InChI=1S/C19H23BrN2O5S2/c1-22(2)29(25,26)16-10-8-15(9-11-16)28(23,24)21-14-19(12-5-13-27-19)17-6-3-4-7-18(17)20/h3-4,6-11,21H,5,12-14H2,1-2H3. The molecule has 1 heterocycles.